The van der Waals surface area contributed by atoms with Gasteiger partial charge in [0.15, 0.2) is 0 Å². The van der Waals surface area contributed by atoms with Gasteiger partial charge < -0.3 is 0 Å². The van der Waals surface area contributed by atoms with Gasteiger partial charge in [0.05, 0.1) is 4.90 Å². The lowest BCUT2D eigenvalue weighted by Gasteiger charge is -2.09. The van der Waals surface area contributed by atoms with Crippen LogP contribution >= 0.6 is 11.6 Å². The van der Waals surface area contributed by atoms with Crippen LogP contribution in [0.1, 0.15) is 11.1 Å². The van der Waals surface area contributed by atoms with Gasteiger partial charge in [0.1, 0.15) is 0 Å². The molecule has 6 heteroatoms. The summed E-state index contributed by atoms with van der Waals surface area (Å²) in [6.45, 7) is 5.47. The van der Waals surface area contributed by atoms with Crippen molar-refractivity contribution < 1.29 is 13.2 Å². The zero-order valence-corrected chi connectivity index (χ0v) is 13.4. The maximum atomic E-state index is 12.1. The van der Waals surface area contributed by atoms with Crippen LogP contribution in [-0.4, -0.2) is 14.3 Å². The summed E-state index contributed by atoms with van der Waals surface area (Å²) in [4.78, 5) is 12.1. The van der Waals surface area contributed by atoms with E-state index in [1.54, 1.807) is 36.4 Å². The van der Waals surface area contributed by atoms with Crippen LogP contribution in [0.15, 0.2) is 60.0 Å². The van der Waals surface area contributed by atoms with Crippen LogP contribution in [0.4, 0.5) is 0 Å². The van der Waals surface area contributed by atoms with Crippen molar-refractivity contribution in [1.82, 2.24) is 4.72 Å². The molecule has 0 spiro atoms. The third kappa shape index (κ3) is 3.75. The highest BCUT2D eigenvalue weighted by Gasteiger charge is 2.19. The van der Waals surface area contributed by atoms with Crippen molar-refractivity contribution >= 4 is 33.1 Å². The Balaban J connectivity index is 2.18. The monoisotopic (exact) mass is 335 g/mol. The topological polar surface area (TPSA) is 63.2 Å². The number of aryl methyl sites for hydroxylation is 1. The number of nitrogens with one attached hydrogen (secondary N) is 1. The molecule has 114 valence electrons. The molecule has 0 unspecified atom stereocenters. The Morgan fingerprint density at radius 2 is 1.59 bits per heavy atom. The molecule has 2 aromatic rings. The number of carbonyl (C=O) groups is 1. The summed E-state index contributed by atoms with van der Waals surface area (Å²) in [6.07, 6.45) is 0. The fraction of sp³-hybridized carbons (Fsp3) is 0.0625. The number of hydrogen-bond donors (Lipinski definition) is 1. The second-order valence-corrected chi connectivity index (χ2v) is 6.85. The first kappa shape index (κ1) is 16.3. The van der Waals surface area contributed by atoms with Crippen LogP contribution in [0.2, 0.25) is 5.02 Å². The molecule has 2 aromatic carbocycles. The summed E-state index contributed by atoms with van der Waals surface area (Å²) in [7, 11) is -3.92. The Hall–Kier alpha value is -2.11. The molecule has 0 aromatic heterocycles. The standard InChI is InChI=1S/C16H14ClNO3S/c1-11-3-9-15(10-4-11)22(20,21)18-16(19)12(2)13-5-7-14(17)8-6-13/h3-10H,2H2,1H3,(H,18,19). The van der Waals surface area contributed by atoms with Crippen LogP contribution in [-0.2, 0) is 14.8 Å². The molecule has 2 rings (SSSR count). The first-order valence-corrected chi connectivity index (χ1v) is 8.24. The molecular formula is C16H14ClNO3S. The molecule has 0 aliphatic carbocycles. The second kappa shape index (κ2) is 6.34. The van der Waals surface area contributed by atoms with Crippen molar-refractivity contribution in [2.75, 3.05) is 0 Å². The van der Waals surface area contributed by atoms with Crippen molar-refractivity contribution in [3.8, 4) is 0 Å². The van der Waals surface area contributed by atoms with E-state index in [0.29, 0.717) is 10.6 Å². The molecule has 0 saturated heterocycles. The highest BCUT2D eigenvalue weighted by Crippen LogP contribution is 2.17. The zero-order chi connectivity index (χ0) is 16.3. The number of carbonyl (C=O) groups excluding carboxylic acids is 1. The summed E-state index contributed by atoms with van der Waals surface area (Å²) >= 11 is 5.77. The molecule has 0 saturated carbocycles. The van der Waals surface area contributed by atoms with Gasteiger partial charge in [-0.05, 0) is 36.8 Å². The van der Waals surface area contributed by atoms with Gasteiger partial charge in [0, 0.05) is 10.6 Å². The molecule has 0 heterocycles. The average molecular weight is 336 g/mol. The summed E-state index contributed by atoms with van der Waals surface area (Å²) in [5.74, 6) is -0.775. The largest absolute Gasteiger partial charge is 0.268 e. The van der Waals surface area contributed by atoms with E-state index in [2.05, 4.69) is 6.58 Å². The average Bonchev–Trinajstić information content (AvgIpc) is 2.47. The molecule has 0 aliphatic heterocycles. The van der Waals surface area contributed by atoms with Gasteiger partial charge >= 0.3 is 0 Å². The Kier molecular flexibility index (Phi) is 4.68. The summed E-state index contributed by atoms with van der Waals surface area (Å²) < 4.78 is 26.3. The molecule has 0 radical (unpaired) electrons. The van der Waals surface area contributed by atoms with Gasteiger partial charge in [0.2, 0.25) is 0 Å². The maximum absolute atomic E-state index is 12.1. The number of hydrogen-bond acceptors (Lipinski definition) is 3. The van der Waals surface area contributed by atoms with Crippen LogP contribution in [0, 0.1) is 6.92 Å². The van der Waals surface area contributed by atoms with Gasteiger partial charge in [-0.2, -0.15) is 0 Å². The van der Waals surface area contributed by atoms with Crippen LogP contribution in [0.3, 0.4) is 0 Å². The van der Waals surface area contributed by atoms with E-state index in [-0.39, 0.29) is 10.5 Å². The Labute approximate surface area is 134 Å². The van der Waals surface area contributed by atoms with Gasteiger partial charge in [0.25, 0.3) is 15.9 Å². The van der Waals surface area contributed by atoms with E-state index < -0.39 is 15.9 Å². The number of halogens is 1. The Morgan fingerprint density at radius 3 is 2.14 bits per heavy atom. The highest BCUT2D eigenvalue weighted by atomic mass is 35.5. The molecular weight excluding hydrogens is 322 g/mol. The SMILES string of the molecule is C=C(C(=O)NS(=O)(=O)c1ccc(C)cc1)c1ccc(Cl)cc1. The van der Waals surface area contributed by atoms with E-state index >= 15 is 0 Å². The highest BCUT2D eigenvalue weighted by molar-refractivity contribution is 7.90. The lowest BCUT2D eigenvalue weighted by molar-refractivity contribution is -0.114. The predicted octanol–water partition coefficient (Wildman–Crippen LogP) is 3.17. The molecule has 0 atom stereocenters. The maximum Gasteiger partial charge on any atom is 0.265 e. The molecule has 1 N–H and O–H groups in total. The van der Waals surface area contributed by atoms with Crippen LogP contribution in [0.25, 0.3) is 5.57 Å². The summed E-state index contributed by atoms with van der Waals surface area (Å²) in [5, 5.41) is 0.518. The van der Waals surface area contributed by atoms with Crippen molar-refractivity contribution in [3.05, 3.63) is 71.3 Å². The van der Waals surface area contributed by atoms with E-state index in [1.165, 1.54) is 12.1 Å². The normalized spacial score (nSPS) is 11.0. The fourth-order valence-electron chi connectivity index (χ4n) is 1.74. The third-order valence-corrected chi connectivity index (χ3v) is 4.62. The lowest BCUT2D eigenvalue weighted by Crippen LogP contribution is -2.31. The van der Waals surface area contributed by atoms with Crippen molar-refractivity contribution in [1.29, 1.82) is 0 Å². The van der Waals surface area contributed by atoms with Gasteiger partial charge in [-0.25, -0.2) is 13.1 Å². The van der Waals surface area contributed by atoms with Gasteiger partial charge in [-0.15, -0.1) is 0 Å². The quantitative estimate of drug-likeness (QED) is 0.873. The molecule has 22 heavy (non-hydrogen) atoms. The van der Waals surface area contributed by atoms with E-state index in [0.717, 1.165) is 5.56 Å². The summed E-state index contributed by atoms with van der Waals surface area (Å²) in [6, 6.07) is 12.6. The first-order valence-electron chi connectivity index (χ1n) is 6.38. The van der Waals surface area contributed by atoms with E-state index in [4.69, 9.17) is 11.6 Å². The van der Waals surface area contributed by atoms with Gasteiger partial charge in [-0.1, -0.05) is 48.0 Å². The number of benzene rings is 2. The Morgan fingerprint density at radius 1 is 1.05 bits per heavy atom. The number of amides is 1. The fourth-order valence-corrected chi connectivity index (χ4v) is 2.85. The van der Waals surface area contributed by atoms with Gasteiger partial charge in [-0.3, -0.25) is 4.79 Å². The smallest absolute Gasteiger partial charge is 0.265 e. The van der Waals surface area contributed by atoms with Crippen LogP contribution in [0.5, 0.6) is 0 Å². The number of sulfonamides is 1. The molecule has 1 amide bonds. The third-order valence-electron chi connectivity index (χ3n) is 3.03. The minimum Gasteiger partial charge on any atom is -0.268 e. The minimum atomic E-state index is -3.92. The zero-order valence-electron chi connectivity index (χ0n) is 11.8. The van der Waals surface area contributed by atoms with Crippen molar-refractivity contribution in [3.63, 3.8) is 0 Å². The summed E-state index contributed by atoms with van der Waals surface area (Å²) in [5.41, 5.74) is 1.48. The van der Waals surface area contributed by atoms with Crippen molar-refractivity contribution in [2.24, 2.45) is 0 Å². The molecule has 0 aliphatic rings. The van der Waals surface area contributed by atoms with E-state index in [9.17, 15) is 13.2 Å². The predicted molar refractivity (Wildman–Crippen MR) is 87.0 cm³/mol. The molecule has 0 fully saturated rings. The molecule has 4 nitrogen and oxygen atoms in total. The Bertz CT molecular complexity index is 809. The van der Waals surface area contributed by atoms with E-state index in [1.807, 2.05) is 11.6 Å². The van der Waals surface area contributed by atoms with Crippen molar-refractivity contribution in [2.45, 2.75) is 11.8 Å². The second-order valence-electron chi connectivity index (χ2n) is 4.73. The minimum absolute atomic E-state index is 0.0235. The van der Waals surface area contributed by atoms with Crippen LogP contribution < -0.4 is 4.72 Å². The first-order chi connectivity index (χ1) is 10.3. The number of rotatable bonds is 4. The molecule has 0 bridgehead atoms. The lowest BCUT2D eigenvalue weighted by atomic mass is 10.1.